The van der Waals surface area contributed by atoms with Gasteiger partial charge >= 0.3 is 12.1 Å². The number of hydrogen-bond donors (Lipinski definition) is 2. The van der Waals surface area contributed by atoms with Gasteiger partial charge in [0.05, 0.1) is 22.3 Å². The Morgan fingerprint density at radius 1 is 1.13 bits per heavy atom. The molecule has 0 aliphatic carbocycles. The molecule has 5 nitrogen and oxygen atoms in total. The van der Waals surface area contributed by atoms with Crippen molar-refractivity contribution in [2.45, 2.75) is 12.7 Å². The number of carboxylic acid groups (broad SMARTS) is 1. The second kappa shape index (κ2) is 7.91. The van der Waals surface area contributed by atoms with Crippen LogP contribution in [0.15, 0.2) is 47.8 Å². The Morgan fingerprint density at radius 3 is 2.52 bits per heavy atom. The number of aromatic nitrogens is 1. The van der Waals surface area contributed by atoms with Crippen molar-refractivity contribution in [1.29, 1.82) is 0 Å². The van der Waals surface area contributed by atoms with E-state index in [0.29, 0.717) is 22.2 Å². The molecule has 0 atom stereocenters. The highest BCUT2D eigenvalue weighted by molar-refractivity contribution is 7.18. The summed E-state index contributed by atoms with van der Waals surface area (Å²) in [5, 5.41) is 22.6. The molecule has 2 heterocycles. The molecular weight excluding hydrogens is 456 g/mol. The van der Waals surface area contributed by atoms with Crippen molar-refractivity contribution in [2.75, 3.05) is 5.06 Å². The third-order valence-electron chi connectivity index (χ3n) is 4.43. The fraction of sp³-hybridized carbons (Fsp3) is 0.100. The molecule has 2 aromatic heterocycles. The van der Waals surface area contributed by atoms with E-state index in [1.807, 2.05) is 18.2 Å². The monoisotopic (exact) mass is 468 g/mol. The lowest BCUT2D eigenvalue weighted by Crippen LogP contribution is -2.18. The summed E-state index contributed by atoms with van der Waals surface area (Å²) in [5.74, 6) is -2.66. The molecule has 2 N–H and O–H groups in total. The third-order valence-corrected chi connectivity index (χ3v) is 6.44. The molecule has 0 spiro atoms. The maximum Gasteiger partial charge on any atom is 0.416 e. The molecule has 4 rings (SSSR count). The topological polar surface area (TPSA) is 73.7 Å². The molecule has 0 aliphatic rings. The number of halogens is 4. The van der Waals surface area contributed by atoms with E-state index >= 15 is 0 Å². The number of para-hydroxylation sites is 1. The average molecular weight is 468 g/mol. The van der Waals surface area contributed by atoms with Gasteiger partial charge in [0, 0.05) is 16.5 Å². The minimum absolute atomic E-state index is 0.0824. The van der Waals surface area contributed by atoms with Gasteiger partial charge in [-0.1, -0.05) is 18.2 Å². The summed E-state index contributed by atoms with van der Waals surface area (Å²) in [4.78, 5) is 16.2. The summed E-state index contributed by atoms with van der Waals surface area (Å²) in [5.41, 5.74) is -1.29. The van der Waals surface area contributed by atoms with E-state index in [1.165, 1.54) is 16.7 Å². The van der Waals surface area contributed by atoms with Gasteiger partial charge in [-0.05, 0) is 24.3 Å². The molecule has 0 radical (unpaired) electrons. The number of rotatable bonds is 5. The first-order valence-electron chi connectivity index (χ1n) is 8.68. The highest BCUT2D eigenvalue weighted by Gasteiger charge is 2.32. The summed E-state index contributed by atoms with van der Waals surface area (Å²) in [6, 6.07) is 9.19. The predicted octanol–water partition coefficient (Wildman–Crippen LogP) is 6.28. The number of thiazole rings is 1. The number of anilines is 1. The van der Waals surface area contributed by atoms with Crippen molar-refractivity contribution < 1.29 is 32.7 Å². The van der Waals surface area contributed by atoms with Crippen LogP contribution in [0.3, 0.4) is 0 Å². The van der Waals surface area contributed by atoms with E-state index in [2.05, 4.69) is 4.98 Å². The fourth-order valence-electron chi connectivity index (χ4n) is 3.04. The van der Waals surface area contributed by atoms with Crippen LogP contribution in [0.4, 0.5) is 22.6 Å². The standard InChI is InChI=1S/C20H12F4N2O3S2/c21-13-7-10(20(22,23)24)5-6-11(13)12-9-30-18(17(12)19(27)28)26(29)8-16-25-14-3-1-2-4-15(14)31-16/h1-7,9,29H,8H2,(H,27,28). The zero-order valence-corrected chi connectivity index (χ0v) is 17.0. The van der Waals surface area contributed by atoms with E-state index in [-0.39, 0.29) is 22.7 Å². The number of carboxylic acids is 1. The highest BCUT2D eigenvalue weighted by atomic mass is 32.1. The summed E-state index contributed by atoms with van der Waals surface area (Å²) >= 11 is 2.16. The summed E-state index contributed by atoms with van der Waals surface area (Å²) < 4.78 is 53.7. The van der Waals surface area contributed by atoms with E-state index in [1.54, 1.807) is 6.07 Å². The van der Waals surface area contributed by atoms with Gasteiger partial charge in [0.2, 0.25) is 0 Å². The van der Waals surface area contributed by atoms with Gasteiger partial charge < -0.3 is 5.11 Å². The number of aromatic carboxylic acids is 1. The zero-order chi connectivity index (χ0) is 22.3. The molecular formula is C20H12F4N2O3S2. The van der Waals surface area contributed by atoms with Crippen LogP contribution in [0, 0.1) is 5.82 Å². The first-order chi connectivity index (χ1) is 14.6. The van der Waals surface area contributed by atoms with Crippen LogP contribution >= 0.6 is 22.7 Å². The largest absolute Gasteiger partial charge is 0.478 e. The highest BCUT2D eigenvalue weighted by Crippen LogP contribution is 2.40. The van der Waals surface area contributed by atoms with Crippen LogP contribution < -0.4 is 5.06 Å². The Morgan fingerprint density at radius 2 is 1.87 bits per heavy atom. The Kier molecular flexibility index (Phi) is 5.42. The quantitative estimate of drug-likeness (QED) is 0.267. The summed E-state index contributed by atoms with van der Waals surface area (Å²) in [6.07, 6.45) is -4.73. The SMILES string of the molecule is O=C(O)c1c(-c2ccc(C(F)(F)F)cc2F)csc1N(O)Cc1nc2ccccc2s1. The van der Waals surface area contributed by atoms with Gasteiger partial charge in [0.1, 0.15) is 21.4 Å². The van der Waals surface area contributed by atoms with Gasteiger partial charge in [-0.2, -0.15) is 13.2 Å². The Bertz CT molecular complexity index is 1250. The van der Waals surface area contributed by atoms with E-state index < -0.39 is 29.1 Å². The van der Waals surface area contributed by atoms with Crippen molar-refractivity contribution in [1.82, 2.24) is 4.98 Å². The second-order valence-corrected chi connectivity index (χ2v) is 8.43. The normalized spacial score (nSPS) is 11.8. The van der Waals surface area contributed by atoms with Crippen LogP contribution in [0.2, 0.25) is 0 Å². The first kappa shape index (κ1) is 21.2. The Balaban J connectivity index is 1.70. The van der Waals surface area contributed by atoms with Gasteiger partial charge in [-0.25, -0.2) is 19.2 Å². The number of alkyl halides is 3. The second-order valence-electron chi connectivity index (χ2n) is 6.46. The minimum Gasteiger partial charge on any atom is -0.478 e. The minimum atomic E-state index is -4.73. The molecule has 4 aromatic rings. The smallest absolute Gasteiger partial charge is 0.416 e. The fourth-order valence-corrected chi connectivity index (χ4v) is 4.97. The molecule has 0 saturated heterocycles. The molecule has 0 saturated carbocycles. The van der Waals surface area contributed by atoms with Gasteiger partial charge in [0.25, 0.3) is 0 Å². The lowest BCUT2D eigenvalue weighted by atomic mass is 10.0. The van der Waals surface area contributed by atoms with Crippen LogP contribution in [-0.4, -0.2) is 21.3 Å². The number of benzene rings is 2. The van der Waals surface area contributed by atoms with Crippen LogP contribution in [-0.2, 0) is 12.7 Å². The Labute approximate surface area is 180 Å². The van der Waals surface area contributed by atoms with Crippen LogP contribution in [0.5, 0.6) is 0 Å². The molecule has 0 fully saturated rings. The number of carbonyl (C=O) groups is 1. The van der Waals surface area contributed by atoms with Gasteiger partial charge in [-0.3, -0.25) is 5.21 Å². The first-order valence-corrected chi connectivity index (χ1v) is 10.4. The van der Waals surface area contributed by atoms with Crippen LogP contribution in [0.25, 0.3) is 21.3 Å². The van der Waals surface area contributed by atoms with Gasteiger partial charge in [-0.15, -0.1) is 22.7 Å². The van der Waals surface area contributed by atoms with Crippen LogP contribution in [0.1, 0.15) is 20.9 Å². The maximum atomic E-state index is 14.4. The maximum absolute atomic E-state index is 14.4. The molecule has 0 bridgehead atoms. The number of thiophene rings is 1. The van der Waals surface area contributed by atoms with Crippen molar-refractivity contribution in [3.05, 3.63) is 69.8 Å². The van der Waals surface area contributed by atoms with Gasteiger partial charge in [0.15, 0.2) is 0 Å². The van der Waals surface area contributed by atoms with Crippen molar-refractivity contribution in [2.24, 2.45) is 0 Å². The van der Waals surface area contributed by atoms with E-state index in [0.717, 1.165) is 27.6 Å². The molecule has 160 valence electrons. The molecule has 0 unspecified atom stereocenters. The lowest BCUT2D eigenvalue weighted by molar-refractivity contribution is -0.137. The third kappa shape index (κ3) is 4.11. The van der Waals surface area contributed by atoms with E-state index in [9.17, 15) is 32.7 Å². The summed E-state index contributed by atoms with van der Waals surface area (Å²) in [6.45, 7) is -0.116. The molecule has 11 heteroatoms. The number of hydrogen-bond acceptors (Lipinski definition) is 6. The molecule has 0 amide bonds. The number of hydroxylamine groups is 1. The van der Waals surface area contributed by atoms with Crippen molar-refractivity contribution >= 4 is 43.9 Å². The zero-order valence-electron chi connectivity index (χ0n) is 15.4. The van der Waals surface area contributed by atoms with Crippen molar-refractivity contribution in [3.8, 4) is 11.1 Å². The number of nitrogens with zero attached hydrogens (tertiary/aromatic N) is 2. The predicted molar refractivity (Wildman–Crippen MR) is 109 cm³/mol. The average Bonchev–Trinajstić information content (AvgIpc) is 3.30. The summed E-state index contributed by atoms with van der Waals surface area (Å²) in [7, 11) is 0. The lowest BCUT2D eigenvalue weighted by Gasteiger charge is -2.15. The molecule has 2 aromatic carbocycles. The molecule has 31 heavy (non-hydrogen) atoms. The van der Waals surface area contributed by atoms with E-state index in [4.69, 9.17) is 0 Å². The Hall–Kier alpha value is -3.02. The molecule has 0 aliphatic heterocycles. The van der Waals surface area contributed by atoms with Crippen molar-refractivity contribution in [3.63, 3.8) is 0 Å². The number of fused-ring (bicyclic) bond motifs is 1.